The number of carbonyl (C=O) groups is 2. The van der Waals surface area contributed by atoms with Gasteiger partial charge in [-0.1, -0.05) is 0 Å². The lowest BCUT2D eigenvalue weighted by atomic mass is 10.1. The molecule has 0 aromatic carbocycles. The zero-order valence-corrected chi connectivity index (χ0v) is 6.91. The Bertz CT molecular complexity index is 228. The van der Waals surface area contributed by atoms with Crippen LogP contribution in [0.2, 0.25) is 0 Å². The summed E-state index contributed by atoms with van der Waals surface area (Å²) in [4.78, 5) is 20.4. The van der Waals surface area contributed by atoms with Crippen LogP contribution in [0.25, 0.3) is 0 Å². The highest BCUT2D eigenvalue weighted by Crippen LogP contribution is 2.03. The first-order valence-corrected chi connectivity index (χ1v) is 3.95. The molecule has 5 nitrogen and oxygen atoms in total. The third-order valence-electron chi connectivity index (χ3n) is 1.21. The van der Waals surface area contributed by atoms with Gasteiger partial charge in [0.2, 0.25) is 0 Å². The second-order valence-corrected chi connectivity index (χ2v) is 2.57. The van der Waals surface area contributed by atoms with Crippen LogP contribution >= 0.6 is 0 Å². The second kappa shape index (κ2) is 5.48. The molecule has 0 aliphatic rings. The summed E-state index contributed by atoms with van der Waals surface area (Å²) in [5.41, 5.74) is 0. The van der Waals surface area contributed by atoms with Gasteiger partial charge in [0.05, 0.1) is 17.2 Å². The molecule has 1 atom stereocenters. The molecule has 12 heavy (non-hydrogen) atoms. The summed E-state index contributed by atoms with van der Waals surface area (Å²) in [6.07, 6.45) is -0.284. The zero-order valence-electron chi connectivity index (χ0n) is 6.10. The quantitative estimate of drug-likeness (QED) is 0.576. The molecule has 0 aliphatic heterocycles. The summed E-state index contributed by atoms with van der Waals surface area (Å²) in [6.45, 7) is 0. The first kappa shape index (κ1) is 10.8. The van der Waals surface area contributed by atoms with Crippen LogP contribution in [0, 0.1) is 5.92 Å². The Morgan fingerprint density at radius 3 is 2.33 bits per heavy atom. The Balaban J connectivity index is 4.05. The van der Waals surface area contributed by atoms with Crippen LogP contribution in [-0.2, 0) is 20.8 Å². The van der Waals surface area contributed by atoms with Gasteiger partial charge in [-0.05, 0) is 6.42 Å². The lowest BCUT2D eigenvalue weighted by Gasteiger charge is -2.01. The highest BCUT2D eigenvalue weighted by Gasteiger charge is 2.15. The van der Waals surface area contributed by atoms with Crippen molar-refractivity contribution < 1.29 is 24.0 Å². The maximum atomic E-state index is 10.3. The topological polar surface area (TPSA) is 91.7 Å². The van der Waals surface area contributed by atoms with Gasteiger partial charge in [0.15, 0.2) is 0 Å². The van der Waals surface area contributed by atoms with E-state index in [4.69, 9.17) is 10.2 Å². The van der Waals surface area contributed by atoms with Gasteiger partial charge in [0.25, 0.3) is 0 Å². The fourth-order valence-corrected chi connectivity index (χ4v) is 0.982. The SMILES string of the molecule is O=S=CC(CCC(=O)O)C(=O)O. The first-order chi connectivity index (χ1) is 5.57. The van der Waals surface area contributed by atoms with Crippen LogP contribution in [0.1, 0.15) is 12.8 Å². The van der Waals surface area contributed by atoms with Crippen LogP contribution in [0.3, 0.4) is 0 Å². The normalized spacial score (nSPS) is 11.7. The molecule has 0 saturated heterocycles. The number of hydrogen-bond acceptors (Lipinski definition) is 3. The van der Waals surface area contributed by atoms with E-state index in [-0.39, 0.29) is 24.1 Å². The average molecular weight is 192 g/mol. The third kappa shape index (κ3) is 4.62. The first-order valence-electron chi connectivity index (χ1n) is 3.14. The van der Waals surface area contributed by atoms with Crippen LogP contribution in [0.15, 0.2) is 0 Å². The molecule has 0 radical (unpaired) electrons. The van der Waals surface area contributed by atoms with E-state index < -0.39 is 17.9 Å². The number of carboxylic acids is 2. The monoisotopic (exact) mass is 192 g/mol. The minimum Gasteiger partial charge on any atom is -0.481 e. The summed E-state index contributed by atoms with van der Waals surface area (Å²) in [5, 5.41) is 17.6. The molecule has 0 aliphatic carbocycles. The third-order valence-corrected chi connectivity index (χ3v) is 1.65. The summed E-state index contributed by atoms with van der Waals surface area (Å²) < 4.78 is 9.94. The van der Waals surface area contributed by atoms with Crippen LogP contribution in [-0.4, -0.2) is 31.7 Å². The molecular formula is C6H8O5S. The molecule has 1 unspecified atom stereocenters. The van der Waals surface area contributed by atoms with E-state index in [0.717, 1.165) is 5.37 Å². The smallest absolute Gasteiger partial charge is 0.311 e. The predicted molar refractivity (Wildman–Crippen MR) is 42.2 cm³/mol. The van der Waals surface area contributed by atoms with E-state index in [1.807, 2.05) is 0 Å². The van der Waals surface area contributed by atoms with Crippen molar-refractivity contribution in [3.05, 3.63) is 0 Å². The molecular weight excluding hydrogens is 184 g/mol. The van der Waals surface area contributed by atoms with E-state index in [0.29, 0.717) is 0 Å². The average Bonchev–Trinajstić information content (AvgIpc) is 1.96. The summed E-state index contributed by atoms with van der Waals surface area (Å²) >= 11 is 0.0410. The van der Waals surface area contributed by atoms with Crippen LogP contribution in [0.5, 0.6) is 0 Å². The Labute approximate surface area is 72.1 Å². The Morgan fingerprint density at radius 1 is 1.42 bits per heavy atom. The minimum absolute atomic E-state index is 0.0410. The molecule has 0 heterocycles. The van der Waals surface area contributed by atoms with Crippen LogP contribution < -0.4 is 0 Å². The lowest BCUT2D eigenvalue weighted by Crippen LogP contribution is -2.16. The van der Waals surface area contributed by atoms with Crippen molar-refractivity contribution in [1.29, 1.82) is 0 Å². The number of aliphatic carboxylic acids is 2. The Hall–Kier alpha value is -1.17. The number of rotatable bonds is 5. The molecule has 0 spiro atoms. The Morgan fingerprint density at radius 2 is 2.00 bits per heavy atom. The van der Waals surface area contributed by atoms with E-state index in [9.17, 15) is 13.8 Å². The molecule has 2 N–H and O–H groups in total. The summed E-state index contributed by atoms with van der Waals surface area (Å²) in [5.74, 6) is -3.20. The molecule has 0 amide bonds. The van der Waals surface area contributed by atoms with Crippen molar-refractivity contribution in [2.75, 3.05) is 0 Å². The molecule has 0 saturated carbocycles. The van der Waals surface area contributed by atoms with Crippen molar-refractivity contribution in [3.8, 4) is 0 Å². The molecule has 0 aromatic heterocycles. The molecule has 68 valence electrons. The van der Waals surface area contributed by atoms with Gasteiger partial charge < -0.3 is 10.2 Å². The van der Waals surface area contributed by atoms with Gasteiger partial charge in [0, 0.05) is 11.8 Å². The number of carboxylic acid groups (broad SMARTS) is 2. The molecule has 6 heteroatoms. The van der Waals surface area contributed by atoms with Gasteiger partial charge in [0.1, 0.15) is 0 Å². The van der Waals surface area contributed by atoms with Crippen molar-refractivity contribution in [3.63, 3.8) is 0 Å². The maximum Gasteiger partial charge on any atom is 0.311 e. The summed E-state index contributed by atoms with van der Waals surface area (Å²) in [7, 11) is 0. The minimum atomic E-state index is -1.17. The number of hydrogen-bond donors (Lipinski definition) is 2. The highest BCUT2D eigenvalue weighted by atomic mass is 32.1. The van der Waals surface area contributed by atoms with E-state index in [2.05, 4.69) is 0 Å². The van der Waals surface area contributed by atoms with Crippen molar-refractivity contribution >= 4 is 28.6 Å². The Kier molecular flexibility index (Phi) is 4.94. The van der Waals surface area contributed by atoms with E-state index in [1.165, 1.54) is 0 Å². The van der Waals surface area contributed by atoms with Crippen molar-refractivity contribution in [2.45, 2.75) is 12.8 Å². The zero-order chi connectivity index (χ0) is 9.56. The molecule has 0 aromatic rings. The van der Waals surface area contributed by atoms with E-state index in [1.54, 1.807) is 0 Å². The van der Waals surface area contributed by atoms with Gasteiger partial charge in [-0.3, -0.25) is 9.59 Å². The second-order valence-electron chi connectivity index (χ2n) is 2.11. The van der Waals surface area contributed by atoms with Gasteiger partial charge >= 0.3 is 11.9 Å². The molecule has 0 rings (SSSR count). The van der Waals surface area contributed by atoms with E-state index >= 15 is 0 Å². The van der Waals surface area contributed by atoms with Gasteiger partial charge in [-0.25, -0.2) is 4.21 Å². The lowest BCUT2D eigenvalue weighted by molar-refractivity contribution is -0.140. The largest absolute Gasteiger partial charge is 0.481 e. The fraction of sp³-hybridized carbons (Fsp3) is 0.500. The van der Waals surface area contributed by atoms with Crippen LogP contribution in [0.4, 0.5) is 0 Å². The maximum absolute atomic E-state index is 10.3. The standard InChI is InChI=1S/C6H8O5S/c7-5(8)2-1-4(3-12-11)6(9)10/h3-4H,1-2H2,(H,7,8)(H,9,10). The van der Waals surface area contributed by atoms with Gasteiger partial charge in [-0.15, -0.1) is 0 Å². The predicted octanol–water partition coefficient (Wildman–Crippen LogP) is -0.433. The fourth-order valence-electron chi connectivity index (χ4n) is 0.596. The van der Waals surface area contributed by atoms with Crippen molar-refractivity contribution in [2.24, 2.45) is 5.92 Å². The van der Waals surface area contributed by atoms with Gasteiger partial charge in [-0.2, -0.15) is 0 Å². The summed E-state index contributed by atoms with van der Waals surface area (Å²) in [6, 6.07) is 0. The van der Waals surface area contributed by atoms with Crippen molar-refractivity contribution in [1.82, 2.24) is 0 Å². The molecule has 0 bridgehead atoms. The molecule has 0 fully saturated rings. The highest BCUT2D eigenvalue weighted by molar-refractivity contribution is 7.64.